The number of nitrogens with zero attached hydrogens (tertiary/aromatic N) is 3. The molecule has 0 saturated carbocycles. The molecule has 0 aliphatic heterocycles. The molecule has 0 radical (unpaired) electrons. The van der Waals surface area contributed by atoms with Gasteiger partial charge in [0.15, 0.2) is 0 Å². The lowest BCUT2D eigenvalue weighted by molar-refractivity contribution is 0.471. The molecule has 0 aliphatic carbocycles. The van der Waals surface area contributed by atoms with Gasteiger partial charge in [-0.05, 0) is 30.2 Å². The molecule has 0 fully saturated rings. The second kappa shape index (κ2) is 4.41. The van der Waals surface area contributed by atoms with Gasteiger partial charge in [0.1, 0.15) is 0 Å². The average Bonchev–Trinajstić information content (AvgIpc) is 2.80. The van der Waals surface area contributed by atoms with E-state index in [1.165, 1.54) is 0 Å². The van der Waals surface area contributed by atoms with Gasteiger partial charge in [-0.3, -0.25) is 0 Å². The van der Waals surface area contributed by atoms with Crippen LogP contribution < -0.4 is 0 Å². The monoisotopic (exact) mass is 201 g/mol. The zero-order valence-electron chi connectivity index (χ0n) is 8.11. The summed E-state index contributed by atoms with van der Waals surface area (Å²) < 4.78 is 1.70. The average molecular weight is 201 g/mol. The molecule has 0 spiro atoms. The molecule has 0 amide bonds. The number of aliphatic hydroxyl groups excluding tert-OH is 1. The van der Waals surface area contributed by atoms with E-state index in [-0.39, 0.29) is 0 Å². The number of benzene rings is 1. The molecule has 0 aliphatic rings. The molecule has 0 saturated heterocycles. The van der Waals surface area contributed by atoms with Crippen LogP contribution in [-0.4, -0.2) is 20.1 Å². The molecule has 0 bridgehead atoms. The first-order valence-electron chi connectivity index (χ1n) is 4.65. The first-order valence-corrected chi connectivity index (χ1v) is 4.65. The summed E-state index contributed by atoms with van der Waals surface area (Å²) in [5, 5.41) is 16.2. The van der Waals surface area contributed by atoms with Crippen LogP contribution in [0.25, 0.3) is 5.69 Å². The van der Waals surface area contributed by atoms with Gasteiger partial charge < -0.3 is 5.11 Å². The smallest absolute Gasteiger partial charge is 0.0755 e. The van der Waals surface area contributed by atoms with E-state index in [0.717, 1.165) is 23.9 Å². The quantitative estimate of drug-likeness (QED) is 0.771. The first-order chi connectivity index (χ1) is 7.40. The topological polar surface area (TPSA) is 50.9 Å². The zero-order chi connectivity index (χ0) is 10.5. The van der Waals surface area contributed by atoms with Crippen molar-refractivity contribution in [1.29, 1.82) is 0 Å². The second-order valence-corrected chi connectivity index (χ2v) is 3.10. The van der Waals surface area contributed by atoms with Gasteiger partial charge in [-0.2, -0.15) is 0 Å². The second-order valence-electron chi connectivity index (χ2n) is 3.10. The Hall–Kier alpha value is -2.10. The van der Waals surface area contributed by atoms with Crippen molar-refractivity contribution < 1.29 is 5.11 Å². The Labute approximate surface area is 87.5 Å². The molecule has 0 atom stereocenters. The zero-order valence-corrected chi connectivity index (χ0v) is 8.11. The summed E-state index contributed by atoms with van der Waals surface area (Å²) in [7, 11) is 0. The van der Waals surface area contributed by atoms with Gasteiger partial charge >= 0.3 is 0 Å². The third-order valence-corrected chi connectivity index (χ3v) is 2.08. The molecule has 2 rings (SSSR count). The fraction of sp³-hybridized carbons (Fsp3) is 0.0909. The SMILES string of the molecule is O/C=C/Cc1ccc(-n2ccnn2)cc1. The number of hydrogen-bond donors (Lipinski definition) is 1. The summed E-state index contributed by atoms with van der Waals surface area (Å²) >= 11 is 0. The van der Waals surface area contributed by atoms with Crippen molar-refractivity contribution in [3.8, 4) is 5.69 Å². The summed E-state index contributed by atoms with van der Waals surface area (Å²) in [5.74, 6) is 0. The Morgan fingerprint density at radius 3 is 2.67 bits per heavy atom. The van der Waals surface area contributed by atoms with Crippen molar-refractivity contribution in [2.24, 2.45) is 0 Å². The van der Waals surface area contributed by atoms with Crippen LogP contribution in [0.4, 0.5) is 0 Å². The van der Waals surface area contributed by atoms with Crippen LogP contribution in [0.1, 0.15) is 5.56 Å². The van der Waals surface area contributed by atoms with Crippen LogP contribution in [0.5, 0.6) is 0 Å². The van der Waals surface area contributed by atoms with Crippen LogP contribution in [0, 0.1) is 0 Å². The Bertz CT molecular complexity index is 431. The van der Waals surface area contributed by atoms with E-state index in [0.29, 0.717) is 0 Å². The van der Waals surface area contributed by atoms with Gasteiger partial charge in [-0.25, -0.2) is 4.68 Å². The summed E-state index contributed by atoms with van der Waals surface area (Å²) in [6, 6.07) is 7.93. The number of aliphatic hydroxyl groups is 1. The van der Waals surface area contributed by atoms with Crippen LogP contribution in [0.2, 0.25) is 0 Å². The maximum atomic E-state index is 8.53. The Kier molecular flexibility index (Phi) is 2.78. The van der Waals surface area contributed by atoms with Gasteiger partial charge in [-0.15, -0.1) is 5.10 Å². The highest BCUT2D eigenvalue weighted by molar-refractivity contribution is 5.34. The summed E-state index contributed by atoms with van der Waals surface area (Å²) in [6.07, 6.45) is 6.93. The molecule has 1 aromatic heterocycles. The summed E-state index contributed by atoms with van der Waals surface area (Å²) in [5.41, 5.74) is 2.12. The molecule has 0 unspecified atom stereocenters. The van der Waals surface area contributed by atoms with Crippen LogP contribution in [0.15, 0.2) is 49.0 Å². The van der Waals surface area contributed by atoms with Crippen molar-refractivity contribution in [2.75, 3.05) is 0 Å². The highest BCUT2D eigenvalue weighted by Gasteiger charge is 1.96. The molecular formula is C11H11N3O. The predicted octanol–water partition coefficient (Wildman–Crippen LogP) is 1.88. The van der Waals surface area contributed by atoms with Crippen molar-refractivity contribution in [1.82, 2.24) is 15.0 Å². The van der Waals surface area contributed by atoms with Crippen LogP contribution in [-0.2, 0) is 6.42 Å². The third kappa shape index (κ3) is 2.22. The van der Waals surface area contributed by atoms with Gasteiger partial charge in [0.25, 0.3) is 0 Å². The van der Waals surface area contributed by atoms with Crippen molar-refractivity contribution in [3.05, 3.63) is 54.6 Å². The summed E-state index contributed by atoms with van der Waals surface area (Å²) in [6.45, 7) is 0. The minimum absolute atomic E-state index is 0.730. The minimum Gasteiger partial charge on any atom is -0.516 e. The maximum absolute atomic E-state index is 8.53. The van der Waals surface area contributed by atoms with E-state index in [1.54, 1.807) is 23.2 Å². The van der Waals surface area contributed by atoms with Crippen molar-refractivity contribution in [3.63, 3.8) is 0 Å². The lowest BCUT2D eigenvalue weighted by Crippen LogP contribution is -1.94. The number of allylic oxidation sites excluding steroid dienone is 1. The maximum Gasteiger partial charge on any atom is 0.0755 e. The van der Waals surface area contributed by atoms with Gasteiger partial charge in [0.2, 0.25) is 0 Å². The molecule has 4 heteroatoms. The molecule has 2 aromatic rings. The van der Waals surface area contributed by atoms with Crippen LogP contribution >= 0.6 is 0 Å². The van der Waals surface area contributed by atoms with Crippen LogP contribution in [0.3, 0.4) is 0 Å². The Morgan fingerprint density at radius 2 is 2.07 bits per heavy atom. The molecular weight excluding hydrogens is 190 g/mol. The molecule has 76 valence electrons. The van der Waals surface area contributed by atoms with Gasteiger partial charge in [0, 0.05) is 0 Å². The van der Waals surface area contributed by atoms with E-state index in [4.69, 9.17) is 5.11 Å². The Morgan fingerprint density at radius 1 is 1.27 bits per heavy atom. The number of rotatable bonds is 3. The Balaban J connectivity index is 2.17. The van der Waals surface area contributed by atoms with E-state index in [2.05, 4.69) is 10.3 Å². The molecule has 1 heterocycles. The molecule has 1 aromatic carbocycles. The highest BCUT2D eigenvalue weighted by Crippen LogP contribution is 2.08. The minimum atomic E-state index is 0.730. The standard InChI is InChI=1S/C11H11N3O/c15-9-1-2-10-3-5-11(6-4-10)14-8-7-12-13-14/h1,3-9,15H,2H2/b9-1+. The lowest BCUT2D eigenvalue weighted by atomic mass is 10.1. The lowest BCUT2D eigenvalue weighted by Gasteiger charge is -2.01. The van der Waals surface area contributed by atoms with Crippen molar-refractivity contribution >= 4 is 0 Å². The highest BCUT2D eigenvalue weighted by atomic mass is 16.2. The van der Waals surface area contributed by atoms with Gasteiger partial charge in [0.05, 0.1) is 24.3 Å². The fourth-order valence-electron chi connectivity index (χ4n) is 1.32. The third-order valence-electron chi connectivity index (χ3n) is 2.08. The van der Waals surface area contributed by atoms with E-state index in [1.807, 2.05) is 24.3 Å². The fourth-order valence-corrected chi connectivity index (χ4v) is 1.32. The van der Waals surface area contributed by atoms with E-state index < -0.39 is 0 Å². The van der Waals surface area contributed by atoms with E-state index in [9.17, 15) is 0 Å². The molecule has 4 nitrogen and oxygen atoms in total. The largest absolute Gasteiger partial charge is 0.516 e. The first kappa shape index (κ1) is 9.45. The normalized spacial score (nSPS) is 10.9. The van der Waals surface area contributed by atoms with Crippen molar-refractivity contribution in [2.45, 2.75) is 6.42 Å². The van der Waals surface area contributed by atoms with E-state index >= 15 is 0 Å². The van der Waals surface area contributed by atoms with Gasteiger partial charge in [-0.1, -0.05) is 17.3 Å². The summed E-state index contributed by atoms with van der Waals surface area (Å²) in [4.78, 5) is 0. The predicted molar refractivity (Wildman–Crippen MR) is 56.8 cm³/mol. The molecule has 1 N–H and O–H groups in total. The number of aromatic nitrogens is 3. The molecule has 15 heavy (non-hydrogen) atoms. The number of hydrogen-bond acceptors (Lipinski definition) is 3.